The van der Waals surface area contributed by atoms with Gasteiger partial charge in [-0.3, -0.25) is 0 Å². The number of rotatable bonds is 6. The van der Waals surface area contributed by atoms with Gasteiger partial charge in [0.25, 0.3) is 0 Å². The number of esters is 1. The van der Waals surface area contributed by atoms with Crippen LogP contribution in [0.4, 0.5) is 0 Å². The van der Waals surface area contributed by atoms with Gasteiger partial charge >= 0.3 is 5.97 Å². The SMILES string of the molecule is C=C(C)C(=O)OCCCOC1CCCCC1. The molecule has 0 unspecified atom stereocenters. The fourth-order valence-electron chi connectivity index (χ4n) is 1.83. The van der Waals surface area contributed by atoms with Gasteiger partial charge in [0.1, 0.15) is 0 Å². The molecule has 0 aromatic rings. The largest absolute Gasteiger partial charge is 0.462 e. The van der Waals surface area contributed by atoms with Crippen LogP contribution >= 0.6 is 0 Å². The number of carbonyl (C=O) groups excluding carboxylic acids is 1. The molecule has 0 N–H and O–H groups in total. The molecule has 1 saturated carbocycles. The van der Waals surface area contributed by atoms with Crippen LogP contribution in [0.1, 0.15) is 45.4 Å². The minimum absolute atomic E-state index is 0.308. The van der Waals surface area contributed by atoms with Crippen molar-refractivity contribution in [3.05, 3.63) is 12.2 Å². The van der Waals surface area contributed by atoms with Crippen LogP contribution < -0.4 is 0 Å². The fourth-order valence-corrected chi connectivity index (χ4v) is 1.83. The Morgan fingerprint density at radius 1 is 1.25 bits per heavy atom. The summed E-state index contributed by atoms with van der Waals surface area (Å²) in [4.78, 5) is 11.0. The molecule has 0 aromatic carbocycles. The van der Waals surface area contributed by atoms with Gasteiger partial charge in [0.15, 0.2) is 0 Å². The van der Waals surface area contributed by atoms with Crippen molar-refractivity contribution in [2.24, 2.45) is 0 Å². The summed E-state index contributed by atoms with van der Waals surface area (Å²) in [6, 6.07) is 0. The van der Waals surface area contributed by atoms with Crippen molar-refractivity contribution in [3.8, 4) is 0 Å². The van der Waals surface area contributed by atoms with Crippen LogP contribution in [0, 0.1) is 0 Å². The summed E-state index contributed by atoms with van der Waals surface area (Å²) < 4.78 is 10.7. The molecule has 16 heavy (non-hydrogen) atoms. The lowest BCUT2D eigenvalue weighted by Gasteiger charge is -2.21. The normalized spacial score (nSPS) is 17.1. The zero-order valence-corrected chi connectivity index (χ0v) is 10.2. The molecular weight excluding hydrogens is 204 g/mol. The van der Waals surface area contributed by atoms with Crippen molar-refractivity contribution in [2.75, 3.05) is 13.2 Å². The van der Waals surface area contributed by atoms with E-state index < -0.39 is 0 Å². The van der Waals surface area contributed by atoms with Gasteiger partial charge in [-0.15, -0.1) is 0 Å². The quantitative estimate of drug-likeness (QED) is 0.397. The Morgan fingerprint density at radius 3 is 2.56 bits per heavy atom. The van der Waals surface area contributed by atoms with E-state index >= 15 is 0 Å². The number of carbonyl (C=O) groups is 1. The highest BCUT2D eigenvalue weighted by Gasteiger charge is 2.13. The topological polar surface area (TPSA) is 35.5 Å². The maximum absolute atomic E-state index is 11.0. The van der Waals surface area contributed by atoms with Gasteiger partial charge in [0.05, 0.1) is 19.3 Å². The molecule has 0 saturated heterocycles. The number of ether oxygens (including phenoxy) is 2. The van der Waals surface area contributed by atoms with Crippen molar-refractivity contribution in [2.45, 2.75) is 51.6 Å². The summed E-state index contributed by atoms with van der Waals surface area (Å²) in [6.07, 6.45) is 7.50. The first kappa shape index (κ1) is 13.2. The maximum Gasteiger partial charge on any atom is 0.333 e. The van der Waals surface area contributed by atoms with Crippen LogP contribution in [0.5, 0.6) is 0 Å². The molecule has 1 aliphatic rings. The van der Waals surface area contributed by atoms with Crippen LogP contribution in [-0.4, -0.2) is 25.3 Å². The average Bonchev–Trinajstić information content (AvgIpc) is 2.29. The third-order valence-corrected chi connectivity index (χ3v) is 2.78. The molecule has 0 heterocycles. The van der Waals surface area contributed by atoms with E-state index in [0.29, 0.717) is 24.9 Å². The minimum Gasteiger partial charge on any atom is -0.462 e. The molecule has 3 heteroatoms. The fraction of sp³-hybridized carbons (Fsp3) is 0.769. The van der Waals surface area contributed by atoms with Gasteiger partial charge in [-0.05, 0) is 19.8 Å². The first-order chi connectivity index (χ1) is 7.70. The molecule has 0 bridgehead atoms. The number of hydrogen-bond acceptors (Lipinski definition) is 3. The first-order valence-electron chi connectivity index (χ1n) is 6.14. The van der Waals surface area contributed by atoms with Crippen molar-refractivity contribution < 1.29 is 14.3 Å². The number of hydrogen-bond donors (Lipinski definition) is 0. The molecule has 1 rings (SSSR count). The van der Waals surface area contributed by atoms with Crippen molar-refractivity contribution in [1.29, 1.82) is 0 Å². The summed E-state index contributed by atoms with van der Waals surface area (Å²) in [5.41, 5.74) is 0.452. The van der Waals surface area contributed by atoms with Gasteiger partial charge in [-0.2, -0.15) is 0 Å². The molecule has 1 aliphatic carbocycles. The summed E-state index contributed by atoms with van der Waals surface area (Å²) in [5.74, 6) is -0.308. The molecule has 0 aliphatic heterocycles. The minimum atomic E-state index is -0.308. The van der Waals surface area contributed by atoms with Crippen molar-refractivity contribution in [3.63, 3.8) is 0 Å². The molecule has 0 amide bonds. The highest BCUT2D eigenvalue weighted by Crippen LogP contribution is 2.20. The van der Waals surface area contributed by atoms with Crippen LogP contribution in [0.15, 0.2) is 12.2 Å². The Labute approximate surface area is 97.8 Å². The molecule has 3 nitrogen and oxygen atoms in total. The lowest BCUT2D eigenvalue weighted by Crippen LogP contribution is -2.18. The van der Waals surface area contributed by atoms with Crippen LogP contribution in [-0.2, 0) is 14.3 Å². The average molecular weight is 226 g/mol. The highest BCUT2D eigenvalue weighted by atomic mass is 16.5. The van der Waals surface area contributed by atoms with Gasteiger partial charge in [0.2, 0.25) is 0 Å². The van der Waals surface area contributed by atoms with Crippen LogP contribution in [0.3, 0.4) is 0 Å². The van der Waals surface area contributed by atoms with E-state index in [1.54, 1.807) is 6.92 Å². The van der Waals surface area contributed by atoms with E-state index in [-0.39, 0.29) is 5.97 Å². The molecule has 1 fully saturated rings. The molecule has 0 aromatic heterocycles. The van der Waals surface area contributed by atoms with E-state index in [1.807, 2.05) is 0 Å². The second-order valence-corrected chi connectivity index (χ2v) is 4.40. The van der Waals surface area contributed by atoms with E-state index in [1.165, 1.54) is 32.1 Å². The lowest BCUT2D eigenvalue weighted by atomic mass is 9.98. The zero-order valence-electron chi connectivity index (χ0n) is 10.2. The second kappa shape index (κ2) is 7.44. The van der Waals surface area contributed by atoms with Crippen molar-refractivity contribution >= 4 is 5.97 Å². The molecule has 0 atom stereocenters. The standard InChI is InChI=1S/C13H22O3/c1-11(2)13(14)16-10-6-9-15-12-7-4-3-5-8-12/h12H,1,3-10H2,2H3. The summed E-state index contributed by atoms with van der Waals surface area (Å²) in [6.45, 7) is 6.29. The second-order valence-electron chi connectivity index (χ2n) is 4.40. The molecule has 0 spiro atoms. The van der Waals surface area contributed by atoms with Gasteiger partial charge in [-0.1, -0.05) is 25.8 Å². The monoisotopic (exact) mass is 226 g/mol. The Kier molecular flexibility index (Phi) is 6.16. The van der Waals surface area contributed by atoms with Crippen molar-refractivity contribution in [1.82, 2.24) is 0 Å². The smallest absolute Gasteiger partial charge is 0.333 e. The molecule has 92 valence electrons. The maximum atomic E-state index is 11.0. The predicted molar refractivity (Wildman–Crippen MR) is 63.2 cm³/mol. The van der Waals surface area contributed by atoms with E-state index in [4.69, 9.17) is 9.47 Å². The van der Waals surface area contributed by atoms with Gasteiger partial charge in [0, 0.05) is 12.0 Å². The van der Waals surface area contributed by atoms with Crippen LogP contribution in [0.25, 0.3) is 0 Å². The Hall–Kier alpha value is -0.830. The third-order valence-electron chi connectivity index (χ3n) is 2.78. The highest BCUT2D eigenvalue weighted by molar-refractivity contribution is 5.86. The van der Waals surface area contributed by atoms with Gasteiger partial charge in [-0.25, -0.2) is 4.79 Å². The lowest BCUT2D eigenvalue weighted by molar-refractivity contribution is -0.139. The first-order valence-corrected chi connectivity index (χ1v) is 6.14. The van der Waals surface area contributed by atoms with E-state index in [9.17, 15) is 4.79 Å². The Bertz CT molecular complexity index is 229. The zero-order chi connectivity index (χ0) is 11.8. The Morgan fingerprint density at radius 2 is 1.94 bits per heavy atom. The van der Waals surface area contributed by atoms with E-state index in [2.05, 4.69) is 6.58 Å². The molecular formula is C13H22O3. The summed E-state index contributed by atoms with van der Waals surface area (Å²) in [5, 5.41) is 0. The summed E-state index contributed by atoms with van der Waals surface area (Å²) in [7, 11) is 0. The molecule has 0 radical (unpaired) electrons. The van der Waals surface area contributed by atoms with E-state index in [0.717, 1.165) is 6.42 Å². The summed E-state index contributed by atoms with van der Waals surface area (Å²) >= 11 is 0. The Balaban J connectivity index is 1.95. The predicted octanol–water partition coefficient (Wildman–Crippen LogP) is 2.85. The van der Waals surface area contributed by atoms with Crippen LogP contribution in [0.2, 0.25) is 0 Å². The third kappa shape index (κ3) is 5.31. The van der Waals surface area contributed by atoms with Gasteiger partial charge < -0.3 is 9.47 Å².